The number of rotatable bonds is 3. The highest BCUT2D eigenvalue weighted by Gasteiger charge is 2.13. The molecule has 0 unspecified atom stereocenters. The lowest BCUT2D eigenvalue weighted by molar-refractivity contribution is 0.0998. The monoisotopic (exact) mass is 293 g/mol. The molecule has 0 radical (unpaired) electrons. The Bertz CT molecular complexity index is 813. The fourth-order valence-corrected chi connectivity index (χ4v) is 2.46. The molecule has 3 heteroatoms. The average molecular weight is 293 g/mol. The second-order valence-electron chi connectivity index (χ2n) is 5.83. The standard InChI is InChI=1S/C19H19NO2/c1-12(2)14-7-9-16(10-8-14)20-19(21)17-11-15-6-4-5-13(3)18(15)22-17/h4-12H,1-3H3,(H,20,21). The van der Waals surface area contributed by atoms with Crippen LogP contribution in [-0.4, -0.2) is 5.91 Å². The van der Waals surface area contributed by atoms with Gasteiger partial charge in [-0.15, -0.1) is 0 Å². The van der Waals surface area contributed by atoms with Crippen molar-refractivity contribution >= 4 is 22.6 Å². The van der Waals surface area contributed by atoms with Gasteiger partial charge in [-0.1, -0.05) is 44.2 Å². The van der Waals surface area contributed by atoms with Crippen LogP contribution in [0.5, 0.6) is 0 Å². The van der Waals surface area contributed by atoms with E-state index < -0.39 is 0 Å². The van der Waals surface area contributed by atoms with Gasteiger partial charge in [-0.3, -0.25) is 4.79 Å². The van der Waals surface area contributed by atoms with Gasteiger partial charge < -0.3 is 9.73 Å². The minimum Gasteiger partial charge on any atom is -0.451 e. The molecule has 0 fully saturated rings. The van der Waals surface area contributed by atoms with Crippen molar-refractivity contribution in [3.8, 4) is 0 Å². The van der Waals surface area contributed by atoms with Crippen molar-refractivity contribution < 1.29 is 9.21 Å². The van der Waals surface area contributed by atoms with Gasteiger partial charge in [0.05, 0.1) is 0 Å². The third-order valence-electron chi connectivity index (χ3n) is 3.80. The largest absolute Gasteiger partial charge is 0.451 e. The molecule has 2 aromatic carbocycles. The molecule has 3 nitrogen and oxygen atoms in total. The fourth-order valence-electron chi connectivity index (χ4n) is 2.46. The van der Waals surface area contributed by atoms with Crippen molar-refractivity contribution in [1.29, 1.82) is 0 Å². The summed E-state index contributed by atoms with van der Waals surface area (Å²) in [6.07, 6.45) is 0. The van der Waals surface area contributed by atoms with Gasteiger partial charge in [-0.05, 0) is 42.2 Å². The van der Waals surface area contributed by atoms with Crippen molar-refractivity contribution in [1.82, 2.24) is 0 Å². The summed E-state index contributed by atoms with van der Waals surface area (Å²) in [5, 5.41) is 3.82. The molecule has 0 spiro atoms. The Morgan fingerprint density at radius 3 is 2.45 bits per heavy atom. The van der Waals surface area contributed by atoms with Gasteiger partial charge in [0.15, 0.2) is 5.76 Å². The third kappa shape index (κ3) is 2.75. The van der Waals surface area contributed by atoms with E-state index in [1.165, 1.54) is 5.56 Å². The molecule has 0 aliphatic rings. The maximum atomic E-state index is 12.3. The van der Waals surface area contributed by atoms with Crippen LogP contribution in [0.15, 0.2) is 52.9 Å². The molecule has 0 bridgehead atoms. The van der Waals surface area contributed by atoms with Crippen molar-refractivity contribution in [3.63, 3.8) is 0 Å². The summed E-state index contributed by atoms with van der Waals surface area (Å²) < 4.78 is 5.68. The predicted octanol–water partition coefficient (Wildman–Crippen LogP) is 5.12. The molecule has 22 heavy (non-hydrogen) atoms. The number of amides is 1. The maximum Gasteiger partial charge on any atom is 0.291 e. The van der Waals surface area contributed by atoms with E-state index in [4.69, 9.17) is 4.42 Å². The summed E-state index contributed by atoms with van der Waals surface area (Å²) in [7, 11) is 0. The summed E-state index contributed by atoms with van der Waals surface area (Å²) in [6, 6.07) is 15.5. The Kier molecular flexibility index (Phi) is 3.72. The predicted molar refractivity (Wildman–Crippen MR) is 89.4 cm³/mol. The van der Waals surface area contributed by atoms with Crippen molar-refractivity contribution in [3.05, 3.63) is 65.4 Å². The maximum absolute atomic E-state index is 12.3. The van der Waals surface area contributed by atoms with Crippen LogP contribution < -0.4 is 5.32 Å². The van der Waals surface area contributed by atoms with E-state index in [1.807, 2.05) is 49.4 Å². The molecular formula is C19H19NO2. The summed E-state index contributed by atoms with van der Waals surface area (Å²) >= 11 is 0. The smallest absolute Gasteiger partial charge is 0.291 e. The summed E-state index contributed by atoms with van der Waals surface area (Å²) in [4.78, 5) is 12.3. The first-order chi connectivity index (χ1) is 10.5. The Hall–Kier alpha value is -2.55. The molecule has 1 heterocycles. The average Bonchev–Trinajstić information content (AvgIpc) is 2.93. The van der Waals surface area contributed by atoms with Crippen LogP contribution >= 0.6 is 0 Å². The molecule has 0 atom stereocenters. The molecule has 1 amide bonds. The van der Waals surface area contributed by atoms with E-state index in [1.54, 1.807) is 6.07 Å². The van der Waals surface area contributed by atoms with Crippen molar-refractivity contribution in [2.24, 2.45) is 0 Å². The molecule has 3 aromatic rings. The number of fused-ring (bicyclic) bond motifs is 1. The molecule has 112 valence electrons. The van der Waals surface area contributed by atoms with Crippen LogP contribution in [0.4, 0.5) is 5.69 Å². The second-order valence-corrected chi connectivity index (χ2v) is 5.83. The minimum atomic E-state index is -0.229. The molecule has 0 aliphatic heterocycles. The lowest BCUT2D eigenvalue weighted by Gasteiger charge is -2.07. The van der Waals surface area contributed by atoms with Crippen LogP contribution in [-0.2, 0) is 0 Å². The zero-order valence-electron chi connectivity index (χ0n) is 13.0. The Morgan fingerprint density at radius 1 is 1.09 bits per heavy atom. The third-order valence-corrected chi connectivity index (χ3v) is 3.80. The minimum absolute atomic E-state index is 0.229. The van der Waals surface area contributed by atoms with E-state index in [0.29, 0.717) is 11.7 Å². The number of furan rings is 1. The molecule has 1 aromatic heterocycles. The van der Waals surface area contributed by atoms with Gasteiger partial charge in [0.25, 0.3) is 5.91 Å². The molecule has 0 saturated carbocycles. The van der Waals surface area contributed by atoms with Gasteiger partial charge in [0.2, 0.25) is 0 Å². The fraction of sp³-hybridized carbons (Fsp3) is 0.211. The Labute approximate surface area is 130 Å². The first kappa shape index (κ1) is 14.4. The first-order valence-electron chi connectivity index (χ1n) is 7.45. The van der Waals surface area contributed by atoms with E-state index in [9.17, 15) is 4.79 Å². The van der Waals surface area contributed by atoms with E-state index in [2.05, 4.69) is 19.2 Å². The van der Waals surface area contributed by atoms with E-state index >= 15 is 0 Å². The number of nitrogens with one attached hydrogen (secondary N) is 1. The number of carbonyl (C=O) groups is 1. The summed E-state index contributed by atoms with van der Waals surface area (Å²) in [6.45, 7) is 6.26. The van der Waals surface area contributed by atoms with Crippen LogP contribution in [0.1, 0.15) is 41.4 Å². The van der Waals surface area contributed by atoms with E-state index in [0.717, 1.165) is 22.2 Å². The quantitative estimate of drug-likeness (QED) is 0.728. The number of hydrogen-bond acceptors (Lipinski definition) is 2. The Morgan fingerprint density at radius 2 is 1.82 bits per heavy atom. The highest BCUT2D eigenvalue weighted by Crippen LogP contribution is 2.23. The van der Waals surface area contributed by atoms with Gasteiger partial charge in [-0.25, -0.2) is 0 Å². The SMILES string of the molecule is Cc1cccc2cc(C(=O)Nc3ccc(C(C)C)cc3)oc12. The highest BCUT2D eigenvalue weighted by atomic mass is 16.3. The number of aryl methyl sites for hydroxylation is 1. The summed E-state index contributed by atoms with van der Waals surface area (Å²) in [5.41, 5.74) is 3.81. The number of hydrogen-bond donors (Lipinski definition) is 1. The lowest BCUT2D eigenvalue weighted by Crippen LogP contribution is -2.10. The molecular weight excluding hydrogens is 274 g/mol. The second kappa shape index (κ2) is 5.68. The van der Waals surface area contributed by atoms with Gasteiger partial charge >= 0.3 is 0 Å². The van der Waals surface area contributed by atoms with Gasteiger partial charge in [-0.2, -0.15) is 0 Å². The first-order valence-corrected chi connectivity index (χ1v) is 7.45. The van der Waals surface area contributed by atoms with Crippen LogP contribution in [0.25, 0.3) is 11.0 Å². The number of carbonyl (C=O) groups excluding carboxylic acids is 1. The normalized spacial score (nSPS) is 11.1. The molecule has 1 N–H and O–H groups in total. The van der Waals surface area contributed by atoms with Crippen LogP contribution in [0.2, 0.25) is 0 Å². The van der Waals surface area contributed by atoms with Crippen molar-refractivity contribution in [2.45, 2.75) is 26.7 Å². The number of benzene rings is 2. The number of para-hydroxylation sites is 1. The topological polar surface area (TPSA) is 42.2 Å². The Balaban J connectivity index is 1.82. The summed E-state index contributed by atoms with van der Waals surface area (Å²) in [5.74, 6) is 0.577. The zero-order valence-corrected chi connectivity index (χ0v) is 13.0. The van der Waals surface area contributed by atoms with Crippen molar-refractivity contribution in [2.75, 3.05) is 5.32 Å². The van der Waals surface area contributed by atoms with E-state index in [-0.39, 0.29) is 5.91 Å². The molecule has 3 rings (SSSR count). The van der Waals surface area contributed by atoms with Crippen LogP contribution in [0.3, 0.4) is 0 Å². The molecule has 0 saturated heterocycles. The zero-order chi connectivity index (χ0) is 15.7. The number of anilines is 1. The van der Waals surface area contributed by atoms with Crippen LogP contribution in [0, 0.1) is 6.92 Å². The lowest BCUT2D eigenvalue weighted by atomic mass is 10.0. The van der Waals surface area contributed by atoms with Gasteiger partial charge in [0, 0.05) is 11.1 Å². The van der Waals surface area contributed by atoms with Gasteiger partial charge in [0.1, 0.15) is 5.58 Å². The highest BCUT2D eigenvalue weighted by molar-refractivity contribution is 6.04. The molecule has 0 aliphatic carbocycles.